The molecule has 1 atom stereocenters. The summed E-state index contributed by atoms with van der Waals surface area (Å²) >= 11 is 0. The molecule has 0 saturated carbocycles. The zero-order valence-corrected chi connectivity index (χ0v) is 15.5. The third-order valence-corrected chi connectivity index (χ3v) is 4.81. The molecule has 0 bridgehead atoms. The van der Waals surface area contributed by atoms with Gasteiger partial charge >= 0.3 is 6.18 Å². The maximum absolute atomic E-state index is 12.9. The third kappa shape index (κ3) is 4.41. The lowest BCUT2D eigenvalue weighted by molar-refractivity contribution is -0.137. The second kappa shape index (κ2) is 7.75. The van der Waals surface area contributed by atoms with E-state index in [4.69, 9.17) is 0 Å². The summed E-state index contributed by atoms with van der Waals surface area (Å²) in [5, 5.41) is 20.7. The summed E-state index contributed by atoms with van der Waals surface area (Å²) in [4.78, 5) is 14.5. The first kappa shape index (κ1) is 20.1. The third-order valence-electron chi connectivity index (χ3n) is 4.81. The Kier molecular flexibility index (Phi) is 5.55. The Balaban J connectivity index is 1.77. The van der Waals surface area contributed by atoms with Crippen molar-refractivity contribution in [3.8, 4) is 17.0 Å². The van der Waals surface area contributed by atoms with Crippen LogP contribution >= 0.6 is 0 Å². The van der Waals surface area contributed by atoms with Gasteiger partial charge in [0.05, 0.1) is 17.2 Å². The molecule has 1 aliphatic rings. The SMILES string of the molecule is Cc1cc(C(F)(F)F)cc(O)c1-c1ccc(NC(=O)[C@H]2CCCN(C)C2)nn1. The van der Waals surface area contributed by atoms with Gasteiger partial charge in [0, 0.05) is 12.1 Å². The molecule has 2 aromatic rings. The average molecular weight is 394 g/mol. The number of aromatic nitrogens is 2. The minimum Gasteiger partial charge on any atom is -0.507 e. The van der Waals surface area contributed by atoms with Crippen molar-refractivity contribution >= 4 is 11.7 Å². The fourth-order valence-corrected chi connectivity index (χ4v) is 3.41. The summed E-state index contributed by atoms with van der Waals surface area (Å²) < 4.78 is 38.6. The molecule has 1 aliphatic heterocycles. The highest BCUT2D eigenvalue weighted by Crippen LogP contribution is 2.38. The van der Waals surface area contributed by atoms with Crippen LogP contribution < -0.4 is 5.32 Å². The van der Waals surface area contributed by atoms with Gasteiger partial charge in [0.2, 0.25) is 5.91 Å². The van der Waals surface area contributed by atoms with Crippen molar-refractivity contribution < 1.29 is 23.1 Å². The lowest BCUT2D eigenvalue weighted by Crippen LogP contribution is -2.38. The van der Waals surface area contributed by atoms with Crippen LogP contribution in [0.3, 0.4) is 0 Å². The number of halogens is 3. The lowest BCUT2D eigenvalue weighted by Gasteiger charge is -2.28. The summed E-state index contributed by atoms with van der Waals surface area (Å²) in [5.41, 5.74) is -0.310. The number of aryl methyl sites for hydroxylation is 1. The van der Waals surface area contributed by atoms with Crippen LogP contribution in [-0.2, 0) is 11.0 Å². The first-order chi connectivity index (χ1) is 13.1. The van der Waals surface area contributed by atoms with Crippen molar-refractivity contribution in [2.45, 2.75) is 25.9 Å². The molecular weight excluding hydrogens is 373 g/mol. The fourth-order valence-electron chi connectivity index (χ4n) is 3.41. The molecular formula is C19H21F3N4O2. The number of phenolic OH excluding ortho intramolecular Hbond substituents is 1. The van der Waals surface area contributed by atoms with Gasteiger partial charge in [0.25, 0.3) is 0 Å². The molecule has 1 aromatic heterocycles. The molecule has 0 radical (unpaired) electrons. The Morgan fingerprint density at radius 3 is 2.61 bits per heavy atom. The predicted octanol–water partition coefficient (Wildman–Crippen LogP) is 3.46. The van der Waals surface area contributed by atoms with Crippen molar-refractivity contribution in [2.24, 2.45) is 5.92 Å². The van der Waals surface area contributed by atoms with Gasteiger partial charge in [-0.25, -0.2) is 0 Å². The van der Waals surface area contributed by atoms with Gasteiger partial charge in [-0.15, -0.1) is 10.2 Å². The van der Waals surface area contributed by atoms with E-state index in [2.05, 4.69) is 20.4 Å². The number of hydrogen-bond acceptors (Lipinski definition) is 5. The highest BCUT2D eigenvalue weighted by Gasteiger charge is 2.32. The second-order valence-electron chi connectivity index (χ2n) is 7.08. The molecule has 0 spiro atoms. The van der Waals surface area contributed by atoms with E-state index in [1.807, 2.05) is 7.05 Å². The number of anilines is 1. The Morgan fingerprint density at radius 2 is 2.04 bits per heavy atom. The van der Waals surface area contributed by atoms with Crippen LogP contribution in [0, 0.1) is 12.8 Å². The number of amides is 1. The van der Waals surface area contributed by atoms with Crippen LogP contribution in [-0.4, -0.2) is 46.2 Å². The van der Waals surface area contributed by atoms with Gasteiger partial charge in [-0.3, -0.25) is 4.79 Å². The number of alkyl halides is 3. The lowest BCUT2D eigenvalue weighted by atomic mass is 9.97. The monoisotopic (exact) mass is 394 g/mol. The van der Waals surface area contributed by atoms with E-state index in [1.165, 1.54) is 19.1 Å². The number of rotatable bonds is 3. The second-order valence-corrected chi connectivity index (χ2v) is 7.08. The van der Waals surface area contributed by atoms with Gasteiger partial charge in [-0.2, -0.15) is 13.2 Å². The molecule has 6 nitrogen and oxygen atoms in total. The van der Waals surface area contributed by atoms with Gasteiger partial charge in [-0.1, -0.05) is 0 Å². The molecule has 1 aromatic carbocycles. The van der Waals surface area contributed by atoms with Crippen molar-refractivity contribution in [1.82, 2.24) is 15.1 Å². The number of carbonyl (C=O) groups excluding carboxylic acids is 1. The zero-order valence-electron chi connectivity index (χ0n) is 15.5. The average Bonchev–Trinajstić information content (AvgIpc) is 2.61. The largest absolute Gasteiger partial charge is 0.507 e. The standard InChI is InChI=1S/C19H21F3N4O2/c1-11-8-13(19(20,21)22)9-15(27)17(11)14-5-6-16(25-24-14)23-18(28)12-4-3-7-26(2)10-12/h5-6,8-9,12,27H,3-4,7,10H2,1-2H3,(H,23,25,28)/t12-/m0/s1. The summed E-state index contributed by atoms with van der Waals surface area (Å²) in [5.74, 6) is -0.529. The van der Waals surface area contributed by atoms with Crippen molar-refractivity contribution in [1.29, 1.82) is 0 Å². The van der Waals surface area contributed by atoms with Crippen LogP contribution in [0.2, 0.25) is 0 Å². The van der Waals surface area contributed by atoms with Gasteiger partial charge in [0.15, 0.2) is 5.82 Å². The van der Waals surface area contributed by atoms with E-state index < -0.39 is 17.5 Å². The first-order valence-corrected chi connectivity index (χ1v) is 8.89. The highest BCUT2D eigenvalue weighted by atomic mass is 19.4. The quantitative estimate of drug-likeness (QED) is 0.834. The maximum atomic E-state index is 12.9. The minimum atomic E-state index is -4.55. The molecule has 1 saturated heterocycles. The van der Waals surface area contributed by atoms with E-state index in [0.717, 1.165) is 25.5 Å². The molecule has 28 heavy (non-hydrogen) atoms. The molecule has 2 N–H and O–H groups in total. The van der Waals surface area contributed by atoms with Crippen LogP contribution in [0.5, 0.6) is 5.75 Å². The number of nitrogens with one attached hydrogen (secondary N) is 1. The number of carbonyl (C=O) groups is 1. The smallest absolute Gasteiger partial charge is 0.416 e. The number of aromatic hydroxyl groups is 1. The van der Waals surface area contributed by atoms with Gasteiger partial charge < -0.3 is 15.3 Å². The molecule has 0 unspecified atom stereocenters. The van der Waals surface area contributed by atoms with Crippen molar-refractivity contribution in [2.75, 3.05) is 25.5 Å². The van der Waals surface area contributed by atoms with E-state index in [9.17, 15) is 23.1 Å². The fraction of sp³-hybridized carbons (Fsp3) is 0.421. The number of likely N-dealkylation sites (tertiary alicyclic amines) is 1. The first-order valence-electron chi connectivity index (χ1n) is 8.89. The van der Waals surface area contributed by atoms with E-state index in [-0.39, 0.29) is 34.5 Å². The molecule has 3 rings (SSSR count). The number of nitrogens with zero attached hydrogens (tertiary/aromatic N) is 3. The van der Waals surface area contributed by atoms with Crippen LogP contribution in [0.25, 0.3) is 11.3 Å². The number of hydrogen-bond donors (Lipinski definition) is 2. The molecule has 150 valence electrons. The summed E-state index contributed by atoms with van der Waals surface area (Å²) in [6, 6.07) is 4.64. The Bertz CT molecular complexity index is 845. The topological polar surface area (TPSA) is 78.4 Å². The zero-order chi connectivity index (χ0) is 20.5. The maximum Gasteiger partial charge on any atom is 0.416 e. The molecule has 2 heterocycles. The number of benzene rings is 1. The van der Waals surface area contributed by atoms with Crippen molar-refractivity contribution in [3.63, 3.8) is 0 Å². The molecule has 9 heteroatoms. The van der Waals surface area contributed by atoms with Crippen LogP contribution in [0.1, 0.15) is 24.0 Å². The van der Waals surface area contributed by atoms with Crippen LogP contribution in [0.15, 0.2) is 24.3 Å². The van der Waals surface area contributed by atoms with Crippen molar-refractivity contribution in [3.05, 3.63) is 35.4 Å². The normalized spacial score (nSPS) is 18.1. The van der Waals surface area contributed by atoms with Gasteiger partial charge in [0.1, 0.15) is 5.75 Å². The Labute approximate surface area is 160 Å². The molecule has 1 fully saturated rings. The van der Waals surface area contributed by atoms with Gasteiger partial charge in [-0.05, 0) is 63.2 Å². The Morgan fingerprint density at radius 1 is 1.29 bits per heavy atom. The number of piperidine rings is 1. The number of phenols is 1. The molecule has 0 aliphatic carbocycles. The van der Waals surface area contributed by atoms with E-state index in [0.29, 0.717) is 12.6 Å². The summed E-state index contributed by atoms with van der Waals surface area (Å²) in [6.07, 6.45) is -2.79. The van der Waals surface area contributed by atoms with E-state index >= 15 is 0 Å². The summed E-state index contributed by atoms with van der Waals surface area (Å²) in [6.45, 7) is 3.10. The summed E-state index contributed by atoms with van der Waals surface area (Å²) in [7, 11) is 1.97. The van der Waals surface area contributed by atoms with Crippen LogP contribution in [0.4, 0.5) is 19.0 Å². The highest BCUT2D eigenvalue weighted by molar-refractivity contribution is 5.92. The molecule has 1 amide bonds. The minimum absolute atomic E-state index is 0.124. The predicted molar refractivity (Wildman–Crippen MR) is 97.7 cm³/mol. The van der Waals surface area contributed by atoms with E-state index in [1.54, 1.807) is 0 Å². The Hall–Kier alpha value is -2.68.